The Morgan fingerprint density at radius 2 is 1.94 bits per heavy atom. The van der Waals surface area contributed by atoms with Crippen molar-refractivity contribution in [3.8, 4) is 0 Å². The zero-order valence-corrected chi connectivity index (χ0v) is 9.69. The Morgan fingerprint density at radius 1 is 1.29 bits per heavy atom. The van der Waals surface area contributed by atoms with Gasteiger partial charge in [0.1, 0.15) is 6.04 Å². The Bertz CT molecular complexity index is 281. The number of methoxy groups -OCH3 is 2. The number of carboxylic acids is 1. The standard InChI is InChI=1S/C9H16N2O6/c1-16-4-3-10-9(15)11-6(8(13)14)5-7(12)17-2/h6H,3-5H2,1-2H3,(H,13,14)(H2,10,11,15)/t6-/m0/s1. The van der Waals surface area contributed by atoms with Crippen LogP contribution in [-0.4, -0.2) is 56.5 Å². The molecule has 98 valence electrons. The zero-order valence-electron chi connectivity index (χ0n) is 9.69. The molecular formula is C9H16N2O6. The van der Waals surface area contributed by atoms with Crippen LogP contribution >= 0.6 is 0 Å². The molecule has 0 radical (unpaired) electrons. The maximum atomic E-state index is 11.2. The molecule has 0 heterocycles. The van der Waals surface area contributed by atoms with E-state index >= 15 is 0 Å². The fourth-order valence-electron chi connectivity index (χ4n) is 0.926. The van der Waals surface area contributed by atoms with E-state index in [9.17, 15) is 14.4 Å². The molecule has 17 heavy (non-hydrogen) atoms. The second-order valence-corrected chi connectivity index (χ2v) is 3.06. The quantitative estimate of drug-likeness (QED) is 0.391. The summed E-state index contributed by atoms with van der Waals surface area (Å²) in [5.41, 5.74) is 0. The molecule has 0 bridgehead atoms. The number of carbonyl (C=O) groups excluding carboxylic acids is 2. The lowest BCUT2D eigenvalue weighted by Gasteiger charge is -2.13. The summed E-state index contributed by atoms with van der Waals surface area (Å²) >= 11 is 0. The highest BCUT2D eigenvalue weighted by molar-refractivity contribution is 5.86. The number of esters is 1. The Balaban J connectivity index is 4.11. The molecule has 8 nitrogen and oxygen atoms in total. The molecule has 1 atom stereocenters. The first-order valence-corrected chi connectivity index (χ1v) is 4.84. The van der Waals surface area contributed by atoms with Crippen LogP contribution in [-0.2, 0) is 19.1 Å². The molecule has 0 aliphatic heterocycles. The van der Waals surface area contributed by atoms with Crippen molar-refractivity contribution in [2.24, 2.45) is 0 Å². The molecule has 3 N–H and O–H groups in total. The maximum Gasteiger partial charge on any atom is 0.326 e. The summed E-state index contributed by atoms with van der Waals surface area (Å²) in [6.07, 6.45) is -0.427. The lowest BCUT2D eigenvalue weighted by atomic mass is 10.2. The molecule has 0 aliphatic rings. The monoisotopic (exact) mass is 248 g/mol. The van der Waals surface area contributed by atoms with Crippen molar-refractivity contribution in [3.05, 3.63) is 0 Å². The normalized spacial score (nSPS) is 11.4. The van der Waals surface area contributed by atoms with Gasteiger partial charge in [-0.05, 0) is 0 Å². The van der Waals surface area contributed by atoms with Crippen molar-refractivity contribution in [1.82, 2.24) is 10.6 Å². The van der Waals surface area contributed by atoms with E-state index in [1.807, 2.05) is 0 Å². The lowest BCUT2D eigenvalue weighted by molar-refractivity contribution is -0.147. The molecule has 0 rings (SSSR count). The van der Waals surface area contributed by atoms with E-state index in [1.54, 1.807) is 0 Å². The Morgan fingerprint density at radius 3 is 2.41 bits per heavy atom. The van der Waals surface area contributed by atoms with Crippen LogP contribution in [0.15, 0.2) is 0 Å². The van der Waals surface area contributed by atoms with Crippen LogP contribution in [0.4, 0.5) is 4.79 Å². The molecule has 0 unspecified atom stereocenters. The summed E-state index contributed by atoms with van der Waals surface area (Å²) in [5.74, 6) is -2.02. The van der Waals surface area contributed by atoms with Crippen molar-refractivity contribution in [3.63, 3.8) is 0 Å². The molecule has 0 aromatic carbocycles. The van der Waals surface area contributed by atoms with E-state index in [2.05, 4.69) is 15.4 Å². The molecule has 0 saturated heterocycles. The molecule has 2 amide bonds. The number of aliphatic carboxylic acids is 1. The van der Waals surface area contributed by atoms with Gasteiger partial charge in [-0.2, -0.15) is 0 Å². The average Bonchev–Trinajstić information content (AvgIpc) is 2.28. The van der Waals surface area contributed by atoms with E-state index in [-0.39, 0.29) is 6.54 Å². The van der Waals surface area contributed by atoms with Crippen LogP contribution in [0, 0.1) is 0 Å². The number of nitrogens with one attached hydrogen (secondary N) is 2. The molecule has 0 aromatic rings. The van der Waals surface area contributed by atoms with Crippen molar-refractivity contribution < 1.29 is 29.0 Å². The van der Waals surface area contributed by atoms with Gasteiger partial charge in [-0.25, -0.2) is 9.59 Å². The first kappa shape index (κ1) is 15.2. The van der Waals surface area contributed by atoms with Crippen LogP contribution in [0.3, 0.4) is 0 Å². The third-order valence-electron chi connectivity index (χ3n) is 1.79. The molecule has 0 spiro atoms. The number of hydrogen-bond acceptors (Lipinski definition) is 5. The minimum atomic E-state index is -1.31. The molecular weight excluding hydrogens is 232 g/mol. The van der Waals surface area contributed by atoms with E-state index in [0.717, 1.165) is 7.11 Å². The first-order valence-electron chi connectivity index (χ1n) is 4.84. The molecule has 0 aromatic heterocycles. The van der Waals surface area contributed by atoms with Gasteiger partial charge < -0.3 is 25.2 Å². The Kier molecular flexibility index (Phi) is 7.44. The van der Waals surface area contributed by atoms with Crippen LogP contribution in [0.1, 0.15) is 6.42 Å². The van der Waals surface area contributed by atoms with Gasteiger partial charge in [0.25, 0.3) is 0 Å². The van der Waals surface area contributed by atoms with Gasteiger partial charge >= 0.3 is 18.0 Å². The van der Waals surface area contributed by atoms with Crippen LogP contribution in [0.25, 0.3) is 0 Å². The fourth-order valence-corrected chi connectivity index (χ4v) is 0.926. The largest absolute Gasteiger partial charge is 0.480 e. The van der Waals surface area contributed by atoms with Gasteiger partial charge in [0.05, 0.1) is 20.1 Å². The highest BCUT2D eigenvalue weighted by atomic mass is 16.5. The lowest BCUT2D eigenvalue weighted by Crippen LogP contribution is -2.47. The van der Waals surface area contributed by atoms with Gasteiger partial charge in [-0.3, -0.25) is 4.79 Å². The number of urea groups is 1. The minimum absolute atomic E-state index is 0.243. The van der Waals surface area contributed by atoms with Crippen molar-refractivity contribution in [1.29, 1.82) is 0 Å². The van der Waals surface area contributed by atoms with E-state index < -0.39 is 30.4 Å². The van der Waals surface area contributed by atoms with Crippen LogP contribution in [0.5, 0.6) is 0 Å². The van der Waals surface area contributed by atoms with Crippen LogP contribution in [0.2, 0.25) is 0 Å². The third kappa shape index (κ3) is 7.12. The zero-order chi connectivity index (χ0) is 13.3. The summed E-state index contributed by atoms with van der Waals surface area (Å²) in [5, 5.41) is 13.3. The van der Waals surface area contributed by atoms with Gasteiger partial charge in [0, 0.05) is 13.7 Å². The molecule has 0 saturated carbocycles. The molecule has 8 heteroatoms. The molecule has 0 aliphatic carbocycles. The summed E-state index contributed by atoms with van der Waals surface area (Å²) in [6.45, 7) is 0.551. The average molecular weight is 248 g/mol. The van der Waals surface area contributed by atoms with Crippen molar-refractivity contribution in [2.75, 3.05) is 27.4 Å². The van der Waals surface area contributed by atoms with E-state index in [4.69, 9.17) is 9.84 Å². The van der Waals surface area contributed by atoms with E-state index in [1.165, 1.54) is 7.11 Å². The first-order chi connectivity index (χ1) is 8.01. The highest BCUT2D eigenvalue weighted by Crippen LogP contribution is 1.94. The number of rotatable bonds is 7. The predicted octanol–water partition coefficient (Wildman–Crippen LogP) is -1.05. The Labute approximate surface area is 98.3 Å². The van der Waals surface area contributed by atoms with Crippen LogP contribution < -0.4 is 10.6 Å². The maximum absolute atomic E-state index is 11.2. The number of ether oxygens (including phenoxy) is 2. The fraction of sp³-hybridized carbons (Fsp3) is 0.667. The minimum Gasteiger partial charge on any atom is -0.480 e. The van der Waals surface area contributed by atoms with Gasteiger partial charge in [0.15, 0.2) is 0 Å². The SMILES string of the molecule is COCCNC(=O)N[C@@H](CC(=O)OC)C(=O)O. The van der Waals surface area contributed by atoms with Crippen molar-refractivity contribution in [2.45, 2.75) is 12.5 Å². The topological polar surface area (TPSA) is 114 Å². The summed E-state index contributed by atoms with van der Waals surface area (Å²) in [6, 6.07) is -2.00. The number of hydrogen-bond donors (Lipinski definition) is 3. The summed E-state index contributed by atoms with van der Waals surface area (Å²) in [7, 11) is 2.61. The second-order valence-electron chi connectivity index (χ2n) is 3.06. The summed E-state index contributed by atoms with van der Waals surface area (Å²) in [4.78, 5) is 32.8. The Hall–Kier alpha value is -1.83. The van der Waals surface area contributed by atoms with E-state index in [0.29, 0.717) is 6.61 Å². The van der Waals surface area contributed by atoms with Crippen molar-refractivity contribution >= 4 is 18.0 Å². The third-order valence-corrected chi connectivity index (χ3v) is 1.79. The molecule has 0 fully saturated rings. The number of carbonyl (C=O) groups is 3. The second kappa shape index (κ2) is 8.34. The highest BCUT2D eigenvalue weighted by Gasteiger charge is 2.23. The number of amides is 2. The number of carboxylic acid groups (broad SMARTS) is 1. The van der Waals surface area contributed by atoms with Gasteiger partial charge in [-0.1, -0.05) is 0 Å². The summed E-state index contributed by atoms with van der Waals surface area (Å²) < 4.78 is 9.01. The van der Waals surface area contributed by atoms with Gasteiger partial charge in [0.2, 0.25) is 0 Å². The van der Waals surface area contributed by atoms with Gasteiger partial charge in [-0.15, -0.1) is 0 Å². The smallest absolute Gasteiger partial charge is 0.326 e. The predicted molar refractivity (Wildman–Crippen MR) is 56.5 cm³/mol.